The van der Waals surface area contributed by atoms with E-state index in [1.807, 2.05) is 4.90 Å². The molecule has 1 aromatic rings. The molecule has 0 spiro atoms. The Morgan fingerprint density at radius 2 is 1.85 bits per heavy atom. The van der Waals surface area contributed by atoms with Gasteiger partial charge in [-0.1, -0.05) is 0 Å². The van der Waals surface area contributed by atoms with Gasteiger partial charge in [-0.05, 0) is 48.4 Å². The number of amides is 1. The van der Waals surface area contributed by atoms with Crippen LogP contribution in [0.1, 0.15) is 36.9 Å². The van der Waals surface area contributed by atoms with E-state index in [-0.39, 0.29) is 11.9 Å². The van der Waals surface area contributed by atoms with Crippen molar-refractivity contribution in [2.24, 2.45) is 5.92 Å². The third-order valence-electron chi connectivity index (χ3n) is 4.39. The number of hydrogen-bond donors (Lipinski definition) is 0. The van der Waals surface area contributed by atoms with Gasteiger partial charge in [-0.3, -0.25) is 4.79 Å². The number of ether oxygens (including phenoxy) is 2. The van der Waals surface area contributed by atoms with Crippen molar-refractivity contribution in [3.8, 4) is 11.5 Å². The molecule has 0 N–H and O–H groups in total. The predicted molar refractivity (Wildman–Crippen MR) is 76.1 cm³/mol. The summed E-state index contributed by atoms with van der Waals surface area (Å²) in [5.41, 5.74) is 2.53. The van der Waals surface area contributed by atoms with Crippen molar-refractivity contribution in [3.05, 3.63) is 23.3 Å². The van der Waals surface area contributed by atoms with Gasteiger partial charge in [0.1, 0.15) is 0 Å². The van der Waals surface area contributed by atoms with Crippen molar-refractivity contribution in [2.75, 3.05) is 20.8 Å². The van der Waals surface area contributed by atoms with Crippen LogP contribution in [-0.2, 0) is 11.2 Å². The molecule has 1 aliphatic heterocycles. The minimum Gasteiger partial charge on any atom is -0.493 e. The van der Waals surface area contributed by atoms with E-state index in [0.717, 1.165) is 24.5 Å². The predicted octanol–water partition coefficient (Wildman–Crippen LogP) is 2.56. The molecule has 1 aliphatic carbocycles. The zero-order valence-electron chi connectivity index (χ0n) is 12.3. The zero-order chi connectivity index (χ0) is 14.3. The molecule has 1 heterocycles. The molecule has 0 saturated heterocycles. The molecule has 20 heavy (non-hydrogen) atoms. The van der Waals surface area contributed by atoms with Crippen molar-refractivity contribution in [2.45, 2.75) is 32.2 Å². The maximum Gasteiger partial charge on any atom is 0.219 e. The standard InChI is InChI=1S/C16H21NO3/c1-10(18)17-7-6-12-8-14(19-2)15(20-3)9-13(12)16(17)11-4-5-11/h8-9,11,16H,4-7H2,1-3H3. The third-order valence-corrected chi connectivity index (χ3v) is 4.39. The molecule has 0 aromatic heterocycles. The lowest BCUT2D eigenvalue weighted by Crippen LogP contribution is -2.39. The summed E-state index contributed by atoms with van der Waals surface area (Å²) in [4.78, 5) is 13.9. The number of carbonyl (C=O) groups excluding carboxylic acids is 1. The number of rotatable bonds is 3. The Labute approximate surface area is 119 Å². The summed E-state index contributed by atoms with van der Waals surface area (Å²) in [5.74, 6) is 2.30. The Morgan fingerprint density at radius 1 is 1.20 bits per heavy atom. The smallest absolute Gasteiger partial charge is 0.219 e. The lowest BCUT2D eigenvalue weighted by Gasteiger charge is -2.37. The largest absolute Gasteiger partial charge is 0.493 e. The Hall–Kier alpha value is -1.71. The van der Waals surface area contributed by atoms with E-state index in [0.29, 0.717) is 5.92 Å². The molecule has 4 heteroatoms. The highest BCUT2D eigenvalue weighted by Gasteiger charge is 2.41. The highest BCUT2D eigenvalue weighted by atomic mass is 16.5. The molecular weight excluding hydrogens is 254 g/mol. The van der Waals surface area contributed by atoms with Crippen molar-refractivity contribution in [3.63, 3.8) is 0 Å². The van der Waals surface area contributed by atoms with Crippen LogP contribution in [0.5, 0.6) is 11.5 Å². The minimum absolute atomic E-state index is 0.169. The highest BCUT2D eigenvalue weighted by molar-refractivity contribution is 5.74. The molecule has 2 aliphatic rings. The molecule has 1 unspecified atom stereocenters. The van der Waals surface area contributed by atoms with E-state index in [1.165, 1.54) is 24.0 Å². The van der Waals surface area contributed by atoms with E-state index in [4.69, 9.17) is 9.47 Å². The normalized spacial score (nSPS) is 21.4. The Bertz CT molecular complexity index is 537. The molecule has 1 amide bonds. The van der Waals surface area contributed by atoms with Crippen LogP contribution >= 0.6 is 0 Å². The van der Waals surface area contributed by atoms with Gasteiger partial charge in [0, 0.05) is 13.5 Å². The number of carbonyl (C=O) groups is 1. The lowest BCUT2D eigenvalue weighted by molar-refractivity contribution is -0.132. The number of methoxy groups -OCH3 is 2. The first kappa shape index (κ1) is 13.3. The average Bonchev–Trinajstić information content (AvgIpc) is 3.28. The second-order valence-electron chi connectivity index (χ2n) is 5.65. The zero-order valence-corrected chi connectivity index (χ0v) is 12.3. The van der Waals surface area contributed by atoms with Gasteiger partial charge in [-0.15, -0.1) is 0 Å². The summed E-state index contributed by atoms with van der Waals surface area (Å²) in [7, 11) is 3.31. The Kier molecular flexibility index (Phi) is 3.32. The lowest BCUT2D eigenvalue weighted by atomic mass is 9.89. The van der Waals surface area contributed by atoms with Crippen LogP contribution in [0.15, 0.2) is 12.1 Å². The third kappa shape index (κ3) is 2.13. The van der Waals surface area contributed by atoms with Crippen LogP contribution in [0.3, 0.4) is 0 Å². The van der Waals surface area contributed by atoms with Gasteiger partial charge in [0.15, 0.2) is 11.5 Å². The fourth-order valence-corrected chi connectivity index (χ4v) is 3.25. The van der Waals surface area contributed by atoms with Gasteiger partial charge in [0.05, 0.1) is 20.3 Å². The fourth-order valence-electron chi connectivity index (χ4n) is 3.25. The number of fused-ring (bicyclic) bond motifs is 1. The minimum atomic E-state index is 0.169. The average molecular weight is 275 g/mol. The Morgan fingerprint density at radius 3 is 2.40 bits per heavy atom. The fraction of sp³-hybridized carbons (Fsp3) is 0.562. The molecule has 108 valence electrons. The van der Waals surface area contributed by atoms with E-state index in [9.17, 15) is 4.79 Å². The van der Waals surface area contributed by atoms with Gasteiger partial charge in [0.2, 0.25) is 5.91 Å². The van der Waals surface area contributed by atoms with Crippen molar-refractivity contribution in [1.82, 2.24) is 4.90 Å². The van der Waals surface area contributed by atoms with Crippen molar-refractivity contribution in [1.29, 1.82) is 0 Å². The molecule has 1 saturated carbocycles. The summed E-state index contributed by atoms with van der Waals surface area (Å²) >= 11 is 0. The van der Waals surface area contributed by atoms with Crippen LogP contribution in [-0.4, -0.2) is 31.6 Å². The maximum atomic E-state index is 11.9. The van der Waals surface area contributed by atoms with E-state index in [2.05, 4.69) is 12.1 Å². The van der Waals surface area contributed by atoms with Gasteiger partial charge >= 0.3 is 0 Å². The molecule has 3 rings (SSSR count). The second-order valence-corrected chi connectivity index (χ2v) is 5.65. The topological polar surface area (TPSA) is 38.8 Å². The second kappa shape index (κ2) is 5.00. The first-order valence-corrected chi connectivity index (χ1v) is 7.17. The van der Waals surface area contributed by atoms with Gasteiger partial charge < -0.3 is 14.4 Å². The summed E-state index contributed by atoms with van der Waals surface area (Å²) in [6, 6.07) is 4.35. The monoisotopic (exact) mass is 275 g/mol. The van der Waals surface area contributed by atoms with Crippen molar-refractivity contribution < 1.29 is 14.3 Å². The first-order valence-electron chi connectivity index (χ1n) is 7.17. The van der Waals surface area contributed by atoms with Crippen LogP contribution in [0.2, 0.25) is 0 Å². The number of benzene rings is 1. The molecule has 1 aromatic carbocycles. The highest BCUT2D eigenvalue weighted by Crippen LogP contribution is 2.49. The molecule has 0 radical (unpaired) electrons. The summed E-state index contributed by atoms with van der Waals surface area (Å²) < 4.78 is 10.8. The summed E-state index contributed by atoms with van der Waals surface area (Å²) in [6.45, 7) is 2.47. The molecule has 4 nitrogen and oxygen atoms in total. The first-order chi connectivity index (χ1) is 9.65. The SMILES string of the molecule is COc1cc2c(cc1OC)C(C1CC1)N(C(C)=O)CC2. The Balaban J connectivity index is 2.06. The van der Waals surface area contributed by atoms with E-state index < -0.39 is 0 Å². The van der Waals surface area contributed by atoms with Crippen molar-refractivity contribution >= 4 is 5.91 Å². The molecule has 1 atom stereocenters. The number of nitrogens with zero attached hydrogens (tertiary/aromatic N) is 1. The van der Waals surface area contributed by atoms with Crippen LogP contribution in [0.25, 0.3) is 0 Å². The molecule has 1 fully saturated rings. The van der Waals surface area contributed by atoms with Crippen LogP contribution in [0, 0.1) is 5.92 Å². The number of hydrogen-bond acceptors (Lipinski definition) is 3. The maximum absolute atomic E-state index is 11.9. The summed E-state index contributed by atoms with van der Waals surface area (Å²) in [6.07, 6.45) is 3.31. The molecular formula is C16H21NO3. The molecule has 0 bridgehead atoms. The van der Waals surface area contributed by atoms with Crippen LogP contribution in [0.4, 0.5) is 0 Å². The van der Waals surface area contributed by atoms with Crippen LogP contribution < -0.4 is 9.47 Å². The quantitative estimate of drug-likeness (QED) is 0.851. The van der Waals surface area contributed by atoms with Gasteiger partial charge in [0.25, 0.3) is 0 Å². The van der Waals surface area contributed by atoms with E-state index in [1.54, 1.807) is 21.1 Å². The van der Waals surface area contributed by atoms with E-state index >= 15 is 0 Å². The van der Waals surface area contributed by atoms with Gasteiger partial charge in [-0.2, -0.15) is 0 Å². The summed E-state index contributed by atoms with van der Waals surface area (Å²) in [5, 5.41) is 0. The van der Waals surface area contributed by atoms with Gasteiger partial charge in [-0.25, -0.2) is 0 Å².